The van der Waals surface area contributed by atoms with Gasteiger partial charge in [-0.15, -0.1) is 0 Å². The lowest BCUT2D eigenvalue weighted by molar-refractivity contribution is -0.0507. The Hall–Kier alpha value is -1.70. The van der Waals surface area contributed by atoms with E-state index in [1.165, 1.54) is 6.07 Å². The largest absolute Gasteiger partial charge is 0.434 e. The molecule has 2 N–H and O–H groups in total. The second-order valence-corrected chi connectivity index (χ2v) is 7.90. The van der Waals surface area contributed by atoms with Gasteiger partial charge in [-0.1, -0.05) is 33.6 Å². The molecule has 4 rings (SSSR count). The number of hydrogen-bond donors (Lipinski definition) is 1. The highest BCUT2D eigenvalue weighted by atomic mass is 79.9. The summed E-state index contributed by atoms with van der Waals surface area (Å²) in [6, 6.07) is 10.1. The number of alkyl halides is 2. The molecule has 8 heteroatoms. The van der Waals surface area contributed by atoms with Gasteiger partial charge in [0.2, 0.25) is 0 Å². The second-order valence-electron chi connectivity index (χ2n) is 6.61. The molecule has 1 aliphatic heterocycles. The Morgan fingerprint density at radius 3 is 2.88 bits per heavy atom. The summed E-state index contributed by atoms with van der Waals surface area (Å²) in [4.78, 5) is 4.66. The van der Waals surface area contributed by atoms with Gasteiger partial charge >= 0.3 is 6.61 Å². The zero-order valence-electron chi connectivity index (χ0n) is 13.7. The number of aromatic nitrogens is 2. The van der Waals surface area contributed by atoms with Crippen molar-refractivity contribution in [2.75, 3.05) is 0 Å². The van der Waals surface area contributed by atoms with Gasteiger partial charge in [0.05, 0.1) is 22.6 Å². The van der Waals surface area contributed by atoms with Crippen molar-refractivity contribution in [1.29, 1.82) is 0 Å². The summed E-state index contributed by atoms with van der Waals surface area (Å²) in [5.41, 5.74) is 7.97. The van der Waals surface area contributed by atoms with E-state index in [-0.39, 0.29) is 11.8 Å². The molecule has 2 heterocycles. The highest BCUT2D eigenvalue weighted by molar-refractivity contribution is 9.10. The lowest BCUT2D eigenvalue weighted by Gasteiger charge is -2.21. The molecule has 0 aliphatic carbocycles. The Morgan fingerprint density at radius 1 is 1.38 bits per heavy atom. The van der Waals surface area contributed by atoms with Crippen LogP contribution in [0.2, 0.25) is 5.02 Å². The number of halogens is 4. The standard InChI is InChI=1S/C18H15BrClF2N3O/c1-18(23)8-13(15-10(19)3-2-4-14(15)26-17(21)22)25-12-7-9(20)5-6-11(12)24-16(18)25/h2-7,13,17H,8,23H2,1H3/t13-,18?/m0/s1. The van der Waals surface area contributed by atoms with E-state index in [0.29, 0.717) is 27.3 Å². The van der Waals surface area contributed by atoms with E-state index in [0.717, 1.165) is 11.0 Å². The van der Waals surface area contributed by atoms with Crippen LogP contribution in [0.25, 0.3) is 11.0 Å². The average Bonchev–Trinajstić information content (AvgIpc) is 3.03. The van der Waals surface area contributed by atoms with Gasteiger partial charge in [0, 0.05) is 15.1 Å². The molecule has 136 valence electrons. The Bertz CT molecular complexity index is 1010. The molecule has 0 saturated heterocycles. The van der Waals surface area contributed by atoms with Crippen molar-refractivity contribution in [3.63, 3.8) is 0 Å². The molecule has 0 spiro atoms. The van der Waals surface area contributed by atoms with Crippen molar-refractivity contribution in [2.24, 2.45) is 5.73 Å². The second kappa shape index (κ2) is 6.18. The van der Waals surface area contributed by atoms with Gasteiger partial charge in [-0.3, -0.25) is 0 Å². The fraction of sp³-hybridized carbons (Fsp3) is 0.278. The molecule has 3 aromatic rings. The van der Waals surface area contributed by atoms with Crippen molar-refractivity contribution in [2.45, 2.75) is 31.5 Å². The van der Waals surface area contributed by atoms with E-state index in [9.17, 15) is 8.78 Å². The zero-order valence-corrected chi connectivity index (χ0v) is 16.1. The average molecular weight is 443 g/mol. The van der Waals surface area contributed by atoms with Gasteiger partial charge in [-0.25, -0.2) is 4.98 Å². The van der Waals surface area contributed by atoms with Crippen LogP contribution in [0.1, 0.15) is 30.8 Å². The summed E-state index contributed by atoms with van der Waals surface area (Å²) in [7, 11) is 0. The Balaban J connectivity index is 1.97. The SMILES string of the molecule is CC1(N)C[C@@H](c2c(Br)cccc2OC(F)F)n2c1nc1ccc(Cl)cc12. The fourth-order valence-corrected chi connectivity index (χ4v) is 4.42. The minimum Gasteiger partial charge on any atom is -0.434 e. The highest BCUT2D eigenvalue weighted by Crippen LogP contribution is 2.48. The number of ether oxygens (including phenoxy) is 1. The Kier molecular flexibility index (Phi) is 4.21. The molecule has 0 fully saturated rings. The molecular formula is C18H15BrClF2N3O. The Labute approximate surface area is 162 Å². The van der Waals surface area contributed by atoms with Crippen molar-refractivity contribution in [1.82, 2.24) is 9.55 Å². The first-order valence-electron chi connectivity index (χ1n) is 7.98. The number of benzene rings is 2. The first-order valence-corrected chi connectivity index (χ1v) is 9.15. The number of fused-ring (bicyclic) bond motifs is 3. The number of hydrogen-bond acceptors (Lipinski definition) is 3. The fourth-order valence-electron chi connectivity index (χ4n) is 3.64. The van der Waals surface area contributed by atoms with E-state index in [4.69, 9.17) is 22.1 Å². The minimum atomic E-state index is -2.91. The van der Waals surface area contributed by atoms with Crippen molar-refractivity contribution in [3.05, 3.63) is 57.3 Å². The molecule has 1 aromatic heterocycles. The Morgan fingerprint density at radius 2 is 2.15 bits per heavy atom. The van der Waals surface area contributed by atoms with Gasteiger partial charge in [0.15, 0.2) is 0 Å². The zero-order chi connectivity index (χ0) is 18.6. The summed E-state index contributed by atoms with van der Waals surface area (Å²) in [5, 5.41) is 0.570. The lowest BCUT2D eigenvalue weighted by atomic mass is 9.94. The molecule has 0 saturated carbocycles. The maximum absolute atomic E-state index is 12.9. The molecule has 2 atom stereocenters. The van der Waals surface area contributed by atoms with Crippen LogP contribution in [0, 0.1) is 0 Å². The number of nitrogens with two attached hydrogens (primary N) is 1. The van der Waals surface area contributed by atoms with Crippen LogP contribution in [0.4, 0.5) is 8.78 Å². The van der Waals surface area contributed by atoms with Gasteiger partial charge in [0.1, 0.15) is 11.6 Å². The molecule has 0 bridgehead atoms. The van der Waals surface area contributed by atoms with Gasteiger partial charge in [-0.05, 0) is 43.7 Å². The maximum Gasteiger partial charge on any atom is 0.387 e. The summed E-state index contributed by atoms with van der Waals surface area (Å²) >= 11 is 9.65. The van der Waals surface area contributed by atoms with Crippen LogP contribution in [0.5, 0.6) is 5.75 Å². The number of rotatable bonds is 3. The summed E-state index contributed by atoms with van der Waals surface area (Å²) in [6.45, 7) is -1.03. The molecular weight excluding hydrogens is 428 g/mol. The van der Waals surface area contributed by atoms with E-state index in [1.54, 1.807) is 18.2 Å². The number of imidazole rings is 1. The monoisotopic (exact) mass is 441 g/mol. The van der Waals surface area contributed by atoms with Crippen molar-refractivity contribution >= 4 is 38.6 Å². The smallest absolute Gasteiger partial charge is 0.387 e. The van der Waals surface area contributed by atoms with Crippen LogP contribution in [0.3, 0.4) is 0 Å². The van der Waals surface area contributed by atoms with Crippen LogP contribution in [-0.2, 0) is 5.54 Å². The van der Waals surface area contributed by atoms with Crippen LogP contribution < -0.4 is 10.5 Å². The van der Waals surface area contributed by atoms with Crippen molar-refractivity contribution in [3.8, 4) is 5.75 Å². The predicted molar refractivity (Wildman–Crippen MR) is 99.8 cm³/mol. The van der Waals surface area contributed by atoms with Gasteiger partial charge in [-0.2, -0.15) is 8.78 Å². The predicted octanol–water partition coefficient (Wildman–Crippen LogP) is 5.22. The normalized spacial score (nSPS) is 22.2. The topological polar surface area (TPSA) is 53.1 Å². The lowest BCUT2D eigenvalue weighted by Crippen LogP contribution is -2.31. The van der Waals surface area contributed by atoms with Crippen LogP contribution in [0.15, 0.2) is 40.9 Å². The quantitative estimate of drug-likeness (QED) is 0.605. The first-order chi connectivity index (χ1) is 12.3. The van der Waals surface area contributed by atoms with Gasteiger partial charge in [0.25, 0.3) is 0 Å². The van der Waals surface area contributed by atoms with Crippen LogP contribution in [-0.4, -0.2) is 16.2 Å². The van der Waals surface area contributed by atoms with E-state index >= 15 is 0 Å². The third kappa shape index (κ3) is 2.78. The maximum atomic E-state index is 12.9. The molecule has 0 amide bonds. The molecule has 2 aromatic carbocycles. The summed E-state index contributed by atoms with van der Waals surface area (Å²) in [6.07, 6.45) is 0.500. The molecule has 1 aliphatic rings. The molecule has 26 heavy (non-hydrogen) atoms. The minimum absolute atomic E-state index is 0.118. The van der Waals surface area contributed by atoms with E-state index in [1.807, 2.05) is 23.6 Å². The molecule has 0 radical (unpaired) electrons. The third-order valence-corrected chi connectivity index (χ3v) is 5.58. The number of nitrogens with zero attached hydrogens (tertiary/aromatic N) is 2. The van der Waals surface area contributed by atoms with Gasteiger partial charge < -0.3 is 15.0 Å². The van der Waals surface area contributed by atoms with Crippen LogP contribution >= 0.6 is 27.5 Å². The first kappa shape index (κ1) is 17.7. The summed E-state index contributed by atoms with van der Waals surface area (Å²) in [5.74, 6) is 0.811. The molecule has 4 nitrogen and oxygen atoms in total. The van der Waals surface area contributed by atoms with Crippen molar-refractivity contribution < 1.29 is 13.5 Å². The van der Waals surface area contributed by atoms with E-state index in [2.05, 4.69) is 20.9 Å². The molecule has 1 unspecified atom stereocenters. The third-order valence-electron chi connectivity index (χ3n) is 4.65. The summed E-state index contributed by atoms with van der Waals surface area (Å²) < 4.78 is 33.2. The van der Waals surface area contributed by atoms with E-state index < -0.39 is 12.2 Å². The highest BCUT2D eigenvalue weighted by Gasteiger charge is 2.43.